The van der Waals surface area contributed by atoms with Crippen molar-refractivity contribution >= 4 is 29.1 Å². The van der Waals surface area contributed by atoms with Crippen LogP contribution in [0.1, 0.15) is 41.6 Å². The molecule has 1 amide bonds. The summed E-state index contributed by atoms with van der Waals surface area (Å²) >= 11 is 11.9. The third kappa shape index (κ3) is 3.32. The van der Waals surface area contributed by atoms with Gasteiger partial charge in [-0.1, -0.05) is 48.3 Å². The highest BCUT2D eigenvalue weighted by atomic mass is 35.5. The molecule has 0 unspecified atom stereocenters. The molecule has 4 nitrogen and oxygen atoms in total. The smallest absolute Gasteiger partial charge is 0.253 e. The summed E-state index contributed by atoms with van der Waals surface area (Å²) in [6.45, 7) is 4.29. The summed E-state index contributed by atoms with van der Waals surface area (Å²) in [7, 11) is 0. The van der Waals surface area contributed by atoms with E-state index in [1.54, 1.807) is 18.2 Å². The zero-order chi connectivity index (χ0) is 14.7. The van der Waals surface area contributed by atoms with Gasteiger partial charge >= 0.3 is 0 Å². The van der Waals surface area contributed by atoms with Crippen molar-refractivity contribution in [3.63, 3.8) is 0 Å². The fraction of sp³-hybridized carbons (Fsp3) is 0.286. The molecule has 1 aromatic carbocycles. The maximum atomic E-state index is 12.0. The Morgan fingerprint density at radius 3 is 2.80 bits per heavy atom. The molecule has 0 fully saturated rings. The highest BCUT2D eigenvalue weighted by Gasteiger charge is 2.13. The number of amides is 1. The molecule has 2 rings (SSSR count). The molecule has 0 aliphatic carbocycles. The average molecular weight is 313 g/mol. The summed E-state index contributed by atoms with van der Waals surface area (Å²) in [5, 5.41) is 7.24. The summed E-state index contributed by atoms with van der Waals surface area (Å²) in [5.41, 5.74) is 1.19. The first-order valence-electron chi connectivity index (χ1n) is 6.16. The number of benzene rings is 1. The van der Waals surface area contributed by atoms with Crippen molar-refractivity contribution in [2.45, 2.75) is 26.3 Å². The molecule has 6 heteroatoms. The first kappa shape index (κ1) is 14.9. The molecule has 0 aliphatic heterocycles. The van der Waals surface area contributed by atoms with E-state index in [4.69, 9.17) is 27.7 Å². The molecule has 0 aliphatic rings. The van der Waals surface area contributed by atoms with Crippen LogP contribution in [0.4, 0.5) is 0 Å². The van der Waals surface area contributed by atoms with E-state index >= 15 is 0 Å². The van der Waals surface area contributed by atoms with E-state index in [1.807, 2.05) is 19.9 Å². The molecule has 0 bridgehead atoms. The monoisotopic (exact) mass is 312 g/mol. The minimum atomic E-state index is -0.306. The van der Waals surface area contributed by atoms with Crippen molar-refractivity contribution < 1.29 is 9.32 Å². The minimum Gasteiger partial charge on any atom is -0.359 e. The quantitative estimate of drug-likeness (QED) is 0.927. The molecule has 1 aromatic heterocycles. The number of nitrogens with one attached hydrogen (secondary N) is 1. The Hall–Kier alpha value is -1.52. The Balaban J connectivity index is 2.03. The molecule has 1 N–H and O–H groups in total. The van der Waals surface area contributed by atoms with Crippen LogP contribution < -0.4 is 5.32 Å². The van der Waals surface area contributed by atoms with E-state index in [0.29, 0.717) is 16.3 Å². The van der Waals surface area contributed by atoms with Gasteiger partial charge in [0.25, 0.3) is 5.91 Å². The predicted octanol–water partition coefficient (Wildman–Crippen LogP) is 4.03. The van der Waals surface area contributed by atoms with Crippen LogP contribution in [-0.2, 0) is 6.54 Å². The third-order valence-electron chi connectivity index (χ3n) is 2.79. The normalized spacial score (nSPS) is 10.8. The molecule has 1 heterocycles. The molecular formula is C14H14Cl2N2O2. The number of halogens is 2. The summed E-state index contributed by atoms with van der Waals surface area (Å²) in [6.07, 6.45) is 0. The Morgan fingerprint density at radius 1 is 1.40 bits per heavy atom. The van der Waals surface area contributed by atoms with Crippen LogP contribution in [0.2, 0.25) is 10.0 Å². The molecule has 0 spiro atoms. The topological polar surface area (TPSA) is 55.1 Å². The van der Waals surface area contributed by atoms with Gasteiger partial charge in [-0.25, -0.2) is 0 Å². The molecule has 106 valence electrons. The lowest BCUT2D eigenvalue weighted by atomic mass is 10.1. The maximum Gasteiger partial charge on any atom is 0.253 e. The maximum absolute atomic E-state index is 12.0. The predicted molar refractivity (Wildman–Crippen MR) is 78.2 cm³/mol. The molecular weight excluding hydrogens is 299 g/mol. The van der Waals surface area contributed by atoms with Gasteiger partial charge in [-0.05, 0) is 18.1 Å². The number of hydrogen-bond acceptors (Lipinski definition) is 3. The van der Waals surface area contributed by atoms with Gasteiger partial charge in [-0.3, -0.25) is 4.79 Å². The fourth-order valence-corrected chi connectivity index (χ4v) is 2.01. The van der Waals surface area contributed by atoms with Crippen LogP contribution >= 0.6 is 23.2 Å². The van der Waals surface area contributed by atoms with Crippen LogP contribution in [0.3, 0.4) is 0 Å². The largest absolute Gasteiger partial charge is 0.359 e. The van der Waals surface area contributed by atoms with Gasteiger partial charge in [0.2, 0.25) is 0 Å². The summed E-state index contributed by atoms with van der Waals surface area (Å²) in [6, 6.07) is 6.74. The van der Waals surface area contributed by atoms with Crippen LogP contribution in [0, 0.1) is 0 Å². The summed E-state index contributed by atoms with van der Waals surface area (Å²) in [4.78, 5) is 12.0. The number of hydrogen-bond donors (Lipinski definition) is 1. The van der Waals surface area contributed by atoms with Crippen LogP contribution in [0.25, 0.3) is 0 Å². The number of aromatic nitrogens is 1. The van der Waals surface area contributed by atoms with Gasteiger partial charge in [0.1, 0.15) is 0 Å². The van der Waals surface area contributed by atoms with E-state index in [9.17, 15) is 4.79 Å². The number of rotatable bonds is 4. The zero-order valence-corrected chi connectivity index (χ0v) is 12.6. The molecule has 0 atom stereocenters. The van der Waals surface area contributed by atoms with E-state index in [-0.39, 0.29) is 23.4 Å². The van der Waals surface area contributed by atoms with E-state index in [1.165, 1.54) is 0 Å². The second-order valence-corrected chi connectivity index (χ2v) is 5.44. The van der Waals surface area contributed by atoms with Gasteiger partial charge < -0.3 is 9.84 Å². The SMILES string of the molecule is CC(C)c1cc(CNC(=O)c2cccc(Cl)c2Cl)on1. The van der Waals surface area contributed by atoms with Crippen molar-refractivity contribution in [3.8, 4) is 0 Å². The molecule has 0 saturated carbocycles. The van der Waals surface area contributed by atoms with E-state index < -0.39 is 0 Å². The first-order valence-corrected chi connectivity index (χ1v) is 6.92. The lowest BCUT2D eigenvalue weighted by molar-refractivity contribution is 0.0947. The van der Waals surface area contributed by atoms with Gasteiger partial charge in [-0.15, -0.1) is 0 Å². The third-order valence-corrected chi connectivity index (χ3v) is 3.61. The van der Waals surface area contributed by atoms with Gasteiger partial charge in [-0.2, -0.15) is 0 Å². The van der Waals surface area contributed by atoms with Crippen molar-refractivity contribution in [2.24, 2.45) is 0 Å². The van der Waals surface area contributed by atoms with Crippen molar-refractivity contribution in [3.05, 3.63) is 51.3 Å². The minimum absolute atomic E-state index is 0.243. The number of carbonyl (C=O) groups excluding carboxylic acids is 1. The fourth-order valence-electron chi connectivity index (χ4n) is 1.63. The van der Waals surface area contributed by atoms with Gasteiger partial charge in [0.05, 0.1) is 27.8 Å². The first-order chi connectivity index (χ1) is 9.49. The van der Waals surface area contributed by atoms with Crippen LogP contribution in [-0.4, -0.2) is 11.1 Å². The second kappa shape index (κ2) is 6.29. The van der Waals surface area contributed by atoms with Crippen molar-refractivity contribution in [2.75, 3.05) is 0 Å². The lowest BCUT2D eigenvalue weighted by Crippen LogP contribution is -2.22. The van der Waals surface area contributed by atoms with Crippen LogP contribution in [0.15, 0.2) is 28.8 Å². The standard InChI is InChI=1S/C14H14Cl2N2O2/c1-8(2)12-6-9(20-18-12)7-17-14(19)10-4-3-5-11(15)13(10)16/h3-6,8H,7H2,1-2H3,(H,17,19). The highest BCUT2D eigenvalue weighted by molar-refractivity contribution is 6.43. The molecule has 2 aromatic rings. The van der Waals surface area contributed by atoms with Crippen LogP contribution in [0.5, 0.6) is 0 Å². The van der Waals surface area contributed by atoms with Gasteiger partial charge in [0, 0.05) is 6.07 Å². The second-order valence-electron chi connectivity index (χ2n) is 4.66. The number of carbonyl (C=O) groups is 1. The zero-order valence-electron chi connectivity index (χ0n) is 11.1. The van der Waals surface area contributed by atoms with E-state index in [0.717, 1.165) is 5.69 Å². The molecule has 0 radical (unpaired) electrons. The lowest BCUT2D eigenvalue weighted by Gasteiger charge is -2.05. The Morgan fingerprint density at radius 2 is 2.15 bits per heavy atom. The molecule has 20 heavy (non-hydrogen) atoms. The Labute approximate surface area is 127 Å². The van der Waals surface area contributed by atoms with Gasteiger partial charge in [0.15, 0.2) is 5.76 Å². The Kier molecular flexibility index (Phi) is 4.68. The molecule has 0 saturated heterocycles. The summed E-state index contributed by atoms with van der Waals surface area (Å²) < 4.78 is 5.14. The summed E-state index contributed by atoms with van der Waals surface area (Å²) in [5.74, 6) is 0.575. The Bertz CT molecular complexity index is 623. The van der Waals surface area contributed by atoms with E-state index in [2.05, 4.69) is 10.5 Å². The number of nitrogens with zero attached hydrogens (tertiary/aromatic N) is 1. The van der Waals surface area contributed by atoms with Crippen molar-refractivity contribution in [1.82, 2.24) is 10.5 Å². The van der Waals surface area contributed by atoms with Crippen molar-refractivity contribution in [1.29, 1.82) is 0 Å². The average Bonchev–Trinajstić information content (AvgIpc) is 2.88. The highest BCUT2D eigenvalue weighted by Crippen LogP contribution is 2.25.